The van der Waals surface area contributed by atoms with Crippen molar-refractivity contribution in [1.82, 2.24) is 0 Å². The van der Waals surface area contributed by atoms with E-state index in [1.165, 1.54) is 0 Å². The Labute approximate surface area is 163 Å². The van der Waals surface area contributed by atoms with Crippen molar-refractivity contribution in [2.45, 2.75) is 85.1 Å². The lowest BCUT2D eigenvalue weighted by Crippen LogP contribution is -2.65. The molecule has 0 atom stereocenters. The molecule has 0 aromatic rings. The van der Waals surface area contributed by atoms with Crippen LogP contribution in [0.2, 0.25) is 85.1 Å². The van der Waals surface area contributed by atoms with Crippen LogP contribution in [0.4, 0.5) is 0 Å². The Morgan fingerprint density at radius 1 is 0.400 bits per heavy atom. The Morgan fingerprint density at radius 3 is 0.840 bits per heavy atom. The van der Waals surface area contributed by atoms with Crippen molar-refractivity contribution in [3.05, 3.63) is 6.55 Å². The van der Waals surface area contributed by atoms with Crippen molar-refractivity contribution in [3.63, 3.8) is 0 Å². The van der Waals surface area contributed by atoms with Crippen LogP contribution in [0.1, 0.15) is 0 Å². The largest absolute Gasteiger partial charge is 0.472 e. The summed E-state index contributed by atoms with van der Waals surface area (Å²) in [7, 11) is -13.6. The fourth-order valence-corrected chi connectivity index (χ4v) is 24.3. The molecular weight excluding hydrogens is 417 g/mol. The molecule has 1 radical (unpaired) electrons. The van der Waals surface area contributed by atoms with Crippen LogP contribution in [0.3, 0.4) is 0 Å². The van der Waals surface area contributed by atoms with Gasteiger partial charge < -0.3 is 20.6 Å². The molecule has 0 aliphatic carbocycles. The molecule has 0 fully saturated rings. The maximum absolute atomic E-state index is 6.55. The summed E-state index contributed by atoms with van der Waals surface area (Å²) in [4.78, 5) is 0. The molecule has 25 heavy (non-hydrogen) atoms. The van der Waals surface area contributed by atoms with Gasteiger partial charge in [0.05, 0.1) is 0 Å². The van der Waals surface area contributed by atoms with Crippen molar-refractivity contribution in [1.29, 1.82) is 0 Å². The maximum atomic E-state index is 6.55. The smallest absolute Gasteiger partial charge is 0.417 e. The summed E-state index contributed by atoms with van der Waals surface area (Å²) in [5.41, 5.74) is 0. The van der Waals surface area contributed by atoms with Crippen LogP contribution in [-0.2, 0) is 20.6 Å². The van der Waals surface area contributed by atoms with E-state index in [-0.39, 0.29) is 0 Å². The molecule has 0 rings (SSSR count). The van der Waals surface area contributed by atoms with Crippen LogP contribution in [0.25, 0.3) is 0 Å². The Morgan fingerprint density at radius 2 is 0.640 bits per heavy atom. The topological polar surface area (TPSA) is 46.2 Å². The highest BCUT2D eigenvalue weighted by Crippen LogP contribution is 2.29. The minimum Gasteiger partial charge on any atom is -0.417 e. The van der Waals surface area contributed by atoms with Gasteiger partial charge in [-0.1, -0.05) is 0 Å². The second-order valence-electron chi connectivity index (χ2n) is 10.5. The summed E-state index contributed by atoms with van der Waals surface area (Å²) < 4.78 is 32.2. The molecule has 0 unspecified atom stereocenters. The lowest BCUT2D eigenvalue weighted by molar-refractivity contribution is 0.189. The third kappa shape index (κ3) is 13.8. The molecule has 0 amide bonds. The van der Waals surface area contributed by atoms with Gasteiger partial charge >= 0.3 is 17.6 Å². The Hall–Kier alpha value is 1.10. The highest BCUT2D eigenvalue weighted by Gasteiger charge is 2.53. The molecule has 0 aliphatic rings. The van der Waals surface area contributed by atoms with Gasteiger partial charge in [-0.25, -0.2) is 0 Å². The summed E-state index contributed by atoms with van der Waals surface area (Å²) in [5.74, 6) is 0. The van der Waals surface area contributed by atoms with E-state index in [2.05, 4.69) is 85.1 Å². The molecular formula is C14H41O5Si6. The zero-order valence-electron chi connectivity index (χ0n) is 18.7. The highest BCUT2D eigenvalue weighted by atomic mass is 28.5. The lowest BCUT2D eigenvalue weighted by atomic mass is 11.8. The maximum Gasteiger partial charge on any atom is 0.472 e. The van der Waals surface area contributed by atoms with E-state index in [1.807, 2.05) is 6.55 Å². The molecule has 151 valence electrons. The first kappa shape index (κ1) is 26.1. The third-order valence-corrected chi connectivity index (χ3v) is 20.2. The molecule has 0 spiro atoms. The first-order valence-corrected chi connectivity index (χ1v) is 26.7. The van der Waals surface area contributed by atoms with E-state index < -0.39 is 50.9 Å². The Kier molecular flexibility index (Phi) is 8.59. The van der Waals surface area contributed by atoms with E-state index >= 15 is 0 Å². The molecule has 0 N–H and O–H groups in total. The number of hydrogen-bond donors (Lipinski definition) is 0. The first-order valence-electron chi connectivity index (χ1n) is 8.89. The molecule has 0 saturated heterocycles. The lowest BCUT2D eigenvalue weighted by Gasteiger charge is -2.44. The van der Waals surface area contributed by atoms with Crippen LogP contribution in [0.15, 0.2) is 0 Å². The summed E-state index contributed by atoms with van der Waals surface area (Å²) in [6.07, 6.45) is 0. The summed E-state index contributed by atoms with van der Waals surface area (Å²) in [5, 5.41) is 0. The average molecular weight is 458 g/mol. The highest BCUT2D eigenvalue weighted by molar-refractivity contribution is 6.92. The second kappa shape index (κ2) is 8.23. The van der Waals surface area contributed by atoms with Gasteiger partial charge in [0.2, 0.25) is 0 Å². The molecule has 0 aliphatic heterocycles. The van der Waals surface area contributed by atoms with Gasteiger partial charge in [0, 0.05) is 13.1 Å². The molecule has 0 aromatic heterocycles. The minimum atomic E-state index is -3.13. The van der Waals surface area contributed by atoms with E-state index in [9.17, 15) is 0 Å². The van der Waals surface area contributed by atoms with Crippen molar-refractivity contribution in [2.24, 2.45) is 0 Å². The van der Waals surface area contributed by atoms with Gasteiger partial charge in [-0.15, -0.1) is 0 Å². The quantitative estimate of drug-likeness (QED) is 0.417. The Bertz CT molecular complexity index is 361. The van der Waals surface area contributed by atoms with Crippen LogP contribution < -0.4 is 0 Å². The monoisotopic (exact) mass is 457 g/mol. The fourth-order valence-electron chi connectivity index (χ4n) is 2.45. The zero-order valence-corrected chi connectivity index (χ0v) is 24.7. The van der Waals surface area contributed by atoms with Gasteiger partial charge in [0.25, 0.3) is 0 Å². The van der Waals surface area contributed by atoms with Crippen molar-refractivity contribution in [2.75, 3.05) is 0 Å². The van der Waals surface area contributed by atoms with E-state index in [4.69, 9.17) is 20.6 Å². The molecule has 11 heteroatoms. The third-order valence-electron chi connectivity index (χ3n) is 2.25. The van der Waals surface area contributed by atoms with Gasteiger partial charge in [-0.05, 0) is 78.6 Å². The fraction of sp³-hybridized carbons (Fsp3) is 0.929. The van der Waals surface area contributed by atoms with Crippen LogP contribution in [0.5, 0.6) is 0 Å². The summed E-state index contributed by atoms with van der Waals surface area (Å²) >= 11 is 0. The van der Waals surface area contributed by atoms with E-state index in [0.717, 1.165) is 0 Å². The van der Waals surface area contributed by atoms with Gasteiger partial charge in [0.15, 0.2) is 33.3 Å². The Balaban J connectivity index is 5.79. The van der Waals surface area contributed by atoms with Crippen LogP contribution in [-0.4, -0.2) is 50.9 Å². The average Bonchev–Trinajstić information content (AvgIpc) is 1.97. The van der Waals surface area contributed by atoms with Crippen LogP contribution in [0, 0.1) is 6.55 Å². The number of hydrogen-bond acceptors (Lipinski definition) is 5. The molecule has 0 bridgehead atoms. The molecule has 5 nitrogen and oxygen atoms in total. The number of rotatable bonds is 10. The minimum absolute atomic E-state index is 1.87. The predicted octanol–water partition coefficient (Wildman–Crippen LogP) is 5.29. The van der Waals surface area contributed by atoms with Gasteiger partial charge in [-0.2, -0.15) is 0 Å². The predicted molar refractivity (Wildman–Crippen MR) is 122 cm³/mol. The molecule has 0 saturated carbocycles. The van der Waals surface area contributed by atoms with Gasteiger partial charge in [-0.3, -0.25) is 0 Å². The van der Waals surface area contributed by atoms with Crippen molar-refractivity contribution < 1.29 is 20.6 Å². The van der Waals surface area contributed by atoms with E-state index in [0.29, 0.717) is 0 Å². The van der Waals surface area contributed by atoms with E-state index in [1.54, 1.807) is 0 Å². The second-order valence-corrected chi connectivity index (χ2v) is 34.6. The van der Waals surface area contributed by atoms with Crippen molar-refractivity contribution in [3.8, 4) is 0 Å². The molecule has 0 heterocycles. The molecule has 0 aromatic carbocycles. The first-order chi connectivity index (χ1) is 10.5. The normalized spacial score (nSPS) is 15.6. The standard InChI is InChI=1S/C14H41O5Si6/c1-20(2,3)15-24(13,16-21(4,5)6)19-25(14,17-22(7,8)9)18-23(10,11)12/h13H2,1-12,14H3. The van der Waals surface area contributed by atoms with Gasteiger partial charge in [0.1, 0.15) is 0 Å². The van der Waals surface area contributed by atoms with Crippen molar-refractivity contribution >= 4 is 50.9 Å². The SMILES string of the molecule is [CH2][Si](O[Si](C)(C)C)(O[Si](C)(C)C)O[Si](C)(O[Si](C)(C)C)O[Si](C)(C)C. The van der Waals surface area contributed by atoms with Crippen LogP contribution >= 0.6 is 0 Å². The zero-order chi connectivity index (χ0) is 20.5. The summed E-state index contributed by atoms with van der Waals surface area (Å²) in [6.45, 7) is 32.0. The summed E-state index contributed by atoms with van der Waals surface area (Å²) in [6, 6.07) is 0.